The molecule has 1 aliphatic rings. The Hall–Kier alpha value is -0.610. The highest BCUT2D eigenvalue weighted by Gasteiger charge is 2.17. The van der Waals surface area contributed by atoms with Crippen molar-refractivity contribution in [3.63, 3.8) is 0 Å². The van der Waals surface area contributed by atoms with Gasteiger partial charge in [-0.25, -0.2) is 0 Å². The number of carbonyl (C=O) groups is 1. The molecule has 0 saturated carbocycles. The van der Waals surface area contributed by atoms with Crippen LogP contribution in [0.2, 0.25) is 0 Å². The van der Waals surface area contributed by atoms with E-state index in [4.69, 9.17) is 9.47 Å². The van der Waals surface area contributed by atoms with Gasteiger partial charge < -0.3 is 14.4 Å². The summed E-state index contributed by atoms with van der Waals surface area (Å²) >= 11 is 0. The van der Waals surface area contributed by atoms with E-state index in [1.807, 2.05) is 0 Å². The van der Waals surface area contributed by atoms with Crippen LogP contribution in [0.3, 0.4) is 0 Å². The number of hydrogen-bond acceptors (Lipinski definition) is 3. The highest BCUT2D eigenvalue weighted by atomic mass is 16.7. The summed E-state index contributed by atoms with van der Waals surface area (Å²) in [6, 6.07) is 0. The fraction of sp³-hybridized carbons (Fsp3) is 0.833. The summed E-state index contributed by atoms with van der Waals surface area (Å²) in [7, 11) is 1.57. The number of carbonyl (C=O) groups excluding carboxylic acids is 1. The Morgan fingerprint density at radius 3 is 3.20 bits per heavy atom. The van der Waals surface area contributed by atoms with Crippen LogP contribution in [-0.4, -0.2) is 44.4 Å². The smallest absolute Gasteiger partial charge is 0.209 e. The third-order valence-electron chi connectivity index (χ3n) is 1.48. The fourth-order valence-electron chi connectivity index (χ4n) is 0.875. The van der Waals surface area contributed by atoms with Gasteiger partial charge in [0.1, 0.15) is 0 Å². The van der Waals surface area contributed by atoms with Gasteiger partial charge in [0.05, 0.1) is 13.2 Å². The summed E-state index contributed by atoms with van der Waals surface area (Å²) in [6.07, 6.45) is 0.577. The molecule has 0 aromatic rings. The summed E-state index contributed by atoms with van der Waals surface area (Å²) in [6.45, 7) is 1.78. The molecule has 4 heteroatoms. The van der Waals surface area contributed by atoms with E-state index in [-0.39, 0.29) is 6.29 Å². The van der Waals surface area contributed by atoms with Crippen LogP contribution < -0.4 is 0 Å². The monoisotopic (exact) mass is 145 g/mol. The zero-order valence-corrected chi connectivity index (χ0v) is 5.95. The second-order valence-corrected chi connectivity index (χ2v) is 2.14. The molecule has 1 amide bonds. The molecule has 1 saturated heterocycles. The summed E-state index contributed by atoms with van der Waals surface area (Å²) < 4.78 is 10.0. The summed E-state index contributed by atoms with van der Waals surface area (Å²) in [4.78, 5) is 11.9. The number of amides is 1. The molecule has 0 unspecified atom stereocenters. The minimum absolute atomic E-state index is 0.237. The van der Waals surface area contributed by atoms with Gasteiger partial charge in [-0.1, -0.05) is 0 Å². The number of morpholine rings is 1. The van der Waals surface area contributed by atoms with Gasteiger partial charge in [0.25, 0.3) is 0 Å². The van der Waals surface area contributed by atoms with Crippen molar-refractivity contribution in [3.8, 4) is 0 Å². The third-order valence-corrected chi connectivity index (χ3v) is 1.48. The van der Waals surface area contributed by atoms with Gasteiger partial charge in [-0.2, -0.15) is 0 Å². The first-order valence-electron chi connectivity index (χ1n) is 3.20. The van der Waals surface area contributed by atoms with Gasteiger partial charge in [-0.05, 0) is 0 Å². The van der Waals surface area contributed by atoms with Crippen LogP contribution in [0.15, 0.2) is 0 Å². The first-order valence-corrected chi connectivity index (χ1v) is 3.20. The van der Waals surface area contributed by atoms with E-state index in [2.05, 4.69) is 0 Å². The van der Waals surface area contributed by atoms with Crippen molar-refractivity contribution in [1.82, 2.24) is 4.90 Å². The first-order chi connectivity index (χ1) is 4.86. The van der Waals surface area contributed by atoms with Crippen molar-refractivity contribution in [2.45, 2.75) is 6.29 Å². The molecule has 0 aromatic heterocycles. The molecule has 1 heterocycles. The van der Waals surface area contributed by atoms with Crippen LogP contribution in [0.25, 0.3) is 0 Å². The highest BCUT2D eigenvalue weighted by molar-refractivity contribution is 5.47. The molecule has 1 rings (SSSR count). The lowest BCUT2D eigenvalue weighted by Gasteiger charge is -2.28. The Labute approximate surface area is 59.7 Å². The first kappa shape index (κ1) is 7.50. The Balaban J connectivity index is 2.31. The highest BCUT2D eigenvalue weighted by Crippen LogP contribution is 2.02. The van der Waals surface area contributed by atoms with Gasteiger partial charge in [-0.15, -0.1) is 0 Å². The molecule has 0 aromatic carbocycles. The molecule has 1 fully saturated rings. The maximum atomic E-state index is 10.2. The van der Waals surface area contributed by atoms with E-state index in [1.165, 1.54) is 0 Å². The largest absolute Gasteiger partial charge is 0.354 e. The van der Waals surface area contributed by atoms with Gasteiger partial charge >= 0.3 is 0 Å². The molecule has 4 nitrogen and oxygen atoms in total. The molecular weight excluding hydrogens is 134 g/mol. The van der Waals surface area contributed by atoms with Crippen molar-refractivity contribution < 1.29 is 14.3 Å². The third kappa shape index (κ3) is 1.68. The average Bonchev–Trinajstić information content (AvgIpc) is 2.05. The Kier molecular flexibility index (Phi) is 2.65. The maximum absolute atomic E-state index is 10.2. The number of hydrogen-bond donors (Lipinski definition) is 0. The fourth-order valence-corrected chi connectivity index (χ4v) is 0.875. The molecule has 0 spiro atoms. The Morgan fingerprint density at radius 1 is 1.80 bits per heavy atom. The predicted octanol–water partition coefficient (Wildman–Crippen LogP) is -0.552. The molecule has 10 heavy (non-hydrogen) atoms. The molecule has 0 aliphatic carbocycles. The van der Waals surface area contributed by atoms with Crippen LogP contribution in [0, 0.1) is 0 Å². The van der Waals surface area contributed by atoms with Crippen LogP contribution >= 0.6 is 0 Å². The zero-order valence-electron chi connectivity index (χ0n) is 5.95. The van der Waals surface area contributed by atoms with Crippen molar-refractivity contribution >= 4 is 6.41 Å². The number of methoxy groups -OCH3 is 1. The van der Waals surface area contributed by atoms with E-state index in [9.17, 15) is 4.79 Å². The lowest BCUT2D eigenvalue weighted by atomic mass is 10.4. The second-order valence-electron chi connectivity index (χ2n) is 2.14. The van der Waals surface area contributed by atoms with E-state index in [1.54, 1.807) is 12.0 Å². The molecule has 0 bridgehead atoms. The van der Waals surface area contributed by atoms with Gasteiger partial charge in [-0.3, -0.25) is 4.79 Å². The maximum Gasteiger partial charge on any atom is 0.209 e. The van der Waals surface area contributed by atoms with E-state index in [0.717, 1.165) is 6.41 Å². The standard InChI is InChI=1S/C6H11NO3/c1-9-6-4-7(5-8)2-3-10-6/h5-6H,2-4H2,1H3/t6-/m1/s1. The molecular formula is C6H11NO3. The summed E-state index contributed by atoms with van der Waals surface area (Å²) in [5.74, 6) is 0. The molecule has 58 valence electrons. The van der Waals surface area contributed by atoms with Crippen LogP contribution in [0.5, 0.6) is 0 Å². The number of nitrogens with zero attached hydrogens (tertiary/aromatic N) is 1. The van der Waals surface area contributed by atoms with E-state index < -0.39 is 0 Å². The summed E-state index contributed by atoms with van der Waals surface area (Å²) in [5.41, 5.74) is 0. The lowest BCUT2D eigenvalue weighted by Crippen LogP contribution is -2.42. The minimum Gasteiger partial charge on any atom is -0.354 e. The Morgan fingerprint density at radius 2 is 2.60 bits per heavy atom. The van der Waals surface area contributed by atoms with Crippen molar-refractivity contribution in [2.75, 3.05) is 26.8 Å². The van der Waals surface area contributed by atoms with Crippen LogP contribution in [0.4, 0.5) is 0 Å². The number of ether oxygens (including phenoxy) is 2. The van der Waals surface area contributed by atoms with Crippen molar-refractivity contribution in [2.24, 2.45) is 0 Å². The van der Waals surface area contributed by atoms with Gasteiger partial charge in [0.15, 0.2) is 6.29 Å². The van der Waals surface area contributed by atoms with Crippen LogP contribution in [-0.2, 0) is 14.3 Å². The second kappa shape index (κ2) is 3.53. The lowest BCUT2D eigenvalue weighted by molar-refractivity contribution is -0.168. The van der Waals surface area contributed by atoms with Crippen LogP contribution in [0.1, 0.15) is 0 Å². The normalized spacial score (nSPS) is 26.5. The van der Waals surface area contributed by atoms with Crippen molar-refractivity contribution in [3.05, 3.63) is 0 Å². The molecule has 0 radical (unpaired) electrons. The molecule has 1 atom stereocenters. The van der Waals surface area contributed by atoms with E-state index >= 15 is 0 Å². The van der Waals surface area contributed by atoms with Gasteiger partial charge in [0, 0.05) is 13.7 Å². The van der Waals surface area contributed by atoms with E-state index in [0.29, 0.717) is 19.7 Å². The quantitative estimate of drug-likeness (QED) is 0.489. The molecule has 0 N–H and O–H groups in total. The number of rotatable bonds is 2. The average molecular weight is 145 g/mol. The Bertz CT molecular complexity index is 118. The summed E-state index contributed by atoms with van der Waals surface area (Å²) in [5, 5.41) is 0. The molecule has 1 aliphatic heterocycles. The minimum atomic E-state index is -0.237. The van der Waals surface area contributed by atoms with Crippen molar-refractivity contribution in [1.29, 1.82) is 0 Å². The predicted molar refractivity (Wildman–Crippen MR) is 34.4 cm³/mol. The zero-order chi connectivity index (χ0) is 7.40. The SMILES string of the molecule is CO[C@H]1CN(C=O)CCO1. The van der Waals surface area contributed by atoms with Gasteiger partial charge in [0.2, 0.25) is 6.41 Å². The topological polar surface area (TPSA) is 38.8 Å².